The van der Waals surface area contributed by atoms with Crippen LogP contribution in [0.4, 0.5) is 4.79 Å². The standard InChI is InChI=1S/C28H48O5/c1-2-3-4-5-14-17-23-32-24-18-15-12-10-8-6-7-9-11-13-16-20-25-21-19-22-26(27(25)29)33-28(30)31/h19,21-22,29H,2-18,20,23-24H2,1H3,(H,30,31). The van der Waals surface area contributed by atoms with E-state index < -0.39 is 6.16 Å². The Morgan fingerprint density at radius 3 is 1.73 bits per heavy atom. The maximum Gasteiger partial charge on any atom is 0.511 e. The molecule has 0 bridgehead atoms. The summed E-state index contributed by atoms with van der Waals surface area (Å²) in [5, 5.41) is 18.8. The Labute approximate surface area is 201 Å². The Kier molecular flexibility index (Phi) is 18.5. The Morgan fingerprint density at radius 2 is 1.21 bits per heavy atom. The molecule has 0 heterocycles. The second-order valence-electron chi connectivity index (χ2n) is 9.15. The largest absolute Gasteiger partial charge is 0.511 e. The van der Waals surface area contributed by atoms with Crippen molar-refractivity contribution in [2.75, 3.05) is 13.2 Å². The first-order chi connectivity index (χ1) is 16.1. The quantitative estimate of drug-likeness (QED) is 0.102. The SMILES string of the molecule is CCCCCCCCOCCCCCCCCCCCCCc1cccc(OC(=O)O)c1O. The molecule has 5 nitrogen and oxygen atoms in total. The second-order valence-corrected chi connectivity index (χ2v) is 9.15. The number of hydrogen-bond acceptors (Lipinski definition) is 4. The number of aromatic hydroxyl groups is 1. The van der Waals surface area contributed by atoms with Crippen LogP contribution in [-0.2, 0) is 11.2 Å². The normalized spacial score (nSPS) is 11.1. The van der Waals surface area contributed by atoms with Crippen LogP contribution < -0.4 is 4.74 Å². The van der Waals surface area contributed by atoms with Gasteiger partial charge < -0.3 is 19.7 Å². The molecule has 0 aliphatic heterocycles. The number of phenolic OH excluding ortho intramolecular Hbond substituents is 1. The minimum atomic E-state index is -1.41. The van der Waals surface area contributed by atoms with Gasteiger partial charge in [0, 0.05) is 13.2 Å². The molecule has 1 rings (SSSR count). The minimum Gasteiger partial charge on any atom is -0.504 e. The summed E-state index contributed by atoms with van der Waals surface area (Å²) >= 11 is 0. The van der Waals surface area contributed by atoms with E-state index in [1.165, 1.54) is 102 Å². The molecule has 1 aromatic carbocycles. The Morgan fingerprint density at radius 1 is 0.727 bits per heavy atom. The molecule has 5 heteroatoms. The molecule has 0 unspecified atom stereocenters. The summed E-state index contributed by atoms with van der Waals surface area (Å²) in [7, 11) is 0. The lowest BCUT2D eigenvalue weighted by molar-refractivity contribution is 0.125. The fourth-order valence-electron chi connectivity index (χ4n) is 4.14. The molecule has 0 saturated heterocycles. The summed E-state index contributed by atoms with van der Waals surface area (Å²) in [5.41, 5.74) is 0.751. The molecule has 190 valence electrons. The van der Waals surface area contributed by atoms with Gasteiger partial charge in [-0.3, -0.25) is 0 Å². The zero-order valence-corrected chi connectivity index (χ0v) is 21.0. The third kappa shape index (κ3) is 16.5. The number of hydrogen-bond donors (Lipinski definition) is 2. The summed E-state index contributed by atoms with van der Waals surface area (Å²) in [4.78, 5) is 10.6. The van der Waals surface area contributed by atoms with Crippen LogP contribution in [0.5, 0.6) is 11.5 Å². The fourth-order valence-corrected chi connectivity index (χ4v) is 4.14. The molecule has 0 radical (unpaired) electrons. The molecule has 0 saturated carbocycles. The van der Waals surface area contributed by atoms with Gasteiger partial charge in [-0.25, -0.2) is 4.79 Å². The molecule has 1 aromatic rings. The van der Waals surface area contributed by atoms with Crippen molar-refractivity contribution in [3.8, 4) is 11.5 Å². The van der Waals surface area contributed by atoms with E-state index in [2.05, 4.69) is 11.7 Å². The van der Waals surface area contributed by atoms with E-state index in [0.29, 0.717) is 0 Å². The van der Waals surface area contributed by atoms with Gasteiger partial charge in [-0.1, -0.05) is 109 Å². The molecule has 0 aliphatic carbocycles. The van der Waals surface area contributed by atoms with Crippen molar-refractivity contribution in [3.63, 3.8) is 0 Å². The van der Waals surface area contributed by atoms with Crippen LogP contribution in [0, 0.1) is 0 Å². The Balaban J connectivity index is 1.84. The Hall–Kier alpha value is -1.75. The monoisotopic (exact) mass is 464 g/mol. The average Bonchev–Trinajstić information content (AvgIpc) is 2.79. The number of benzene rings is 1. The van der Waals surface area contributed by atoms with E-state index in [1.807, 2.05) is 6.07 Å². The van der Waals surface area contributed by atoms with Crippen molar-refractivity contribution < 1.29 is 24.5 Å². The number of unbranched alkanes of at least 4 members (excludes halogenated alkanes) is 15. The lowest BCUT2D eigenvalue weighted by Crippen LogP contribution is -2.03. The predicted molar refractivity (Wildman–Crippen MR) is 135 cm³/mol. The highest BCUT2D eigenvalue weighted by Gasteiger charge is 2.10. The summed E-state index contributed by atoms with van der Waals surface area (Å²) in [5.74, 6) is -0.0371. The summed E-state index contributed by atoms with van der Waals surface area (Å²) < 4.78 is 10.3. The van der Waals surface area contributed by atoms with Crippen molar-refractivity contribution >= 4 is 6.16 Å². The van der Waals surface area contributed by atoms with E-state index >= 15 is 0 Å². The van der Waals surface area contributed by atoms with Gasteiger partial charge in [-0.05, 0) is 37.3 Å². The van der Waals surface area contributed by atoms with Gasteiger partial charge in [0.15, 0.2) is 11.5 Å². The molecular weight excluding hydrogens is 416 g/mol. The van der Waals surface area contributed by atoms with Crippen LogP contribution in [0.3, 0.4) is 0 Å². The molecular formula is C28H48O5. The van der Waals surface area contributed by atoms with Gasteiger partial charge in [0.05, 0.1) is 0 Å². The number of carboxylic acid groups (broad SMARTS) is 1. The average molecular weight is 465 g/mol. The highest BCUT2D eigenvalue weighted by molar-refractivity contribution is 5.63. The van der Waals surface area contributed by atoms with Gasteiger partial charge >= 0.3 is 6.16 Å². The van der Waals surface area contributed by atoms with Crippen LogP contribution in [0.25, 0.3) is 0 Å². The van der Waals surface area contributed by atoms with Crippen molar-refractivity contribution in [1.29, 1.82) is 0 Å². The third-order valence-electron chi connectivity index (χ3n) is 6.16. The highest BCUT2D eigenvalue weighted by atomic mass is 16.7. The number of aryl methyl sites for hydroxylation is 1. The summed E-state index contributed by atoms with van der Waals surface area (Å²) in [6, 6.07) is 5.01. The number of para-hydroxylation sites is 1. The maximum absolute atomic E-state index is 10.6. The number of ether oxygens (including phenoxy) is 2. The second kappa shape index (κ2) is 20.8. The van der Waals surface area contributed by atoms with E-state index in [0.717, 1.165) is 38.0 Å². The van der Waals surface area contributed by atoms with E-state index in [1.54, 1.807) is 6.07 Å². The van der Waals surface area contributed by atoms with Crippen LogP contribution in [-0.4, -0.2) is 29.6 Å². The van der Waals surface area contributed by atoms with Crippen LogP contribution in [0.1, 0.15) is 122 Å². The molecule has 0 atom stereocenters. The van der Waals surface area contributed by atoms with Gasteiger partial charge in [0.2, 0.25) is 0 Å². The van der Waals surface area contributed by atoms with Crippen LogP contribution in [0.15, 0.2) is 18.2 Å². The minimum absolute atomic E-state index is 0.0145. The van der Waals surface area contributed by atoms with E-state index in [9.17, 15) is 9.90 Å². The van der Waals surface area contributed by atoms with Crippen molar-refractivity contribution in [1.82, 2.24) is 0 Å². The maximum atomic E-state index is 10.6. The number of phenols is 1. The molecule has 2 N–H and O–H groups in total. The molecule has 0 fully saturated rings. The third-order valence-corrected chi connectivity index (χ3v) is 6.16. The molecule has 0 spiro atoms. The van der Waals surface area contributed by atoms with Crippen molar-refractivity contribution in [3.05, 3.63) is 23.8 Å². The lowest BCUT2D eigenvalue weighted by Gasteiger charge is -2.08. The topological polar surface area (TPSA) is 76.0 Å². The first-order valence-electron chi connectivity index (χ1n) is 13.4. The lowest BCUT2D eigenvalue weighted by atomic mass is 10.0. The molecule has 0 amide bonds. The van der Waals surface area contributed by atoms with Gasteiger partial charge in [0.25, 0.3) is 0 Å². The Bertz CT molecular complexity index is 602. The smallest absolute Gasteiger partial charge is 0.504 e. The van der Waals surface area contributed by atoms with Crippen LogP contribution >= 0.6 is 0 Å². The van der Waals surface area contributed by atoms with Crippen molar-refractivity contribution in [2.45, 2.75) is 122 Å². The number of carbonyl (C=O) groups is 1. The van der Waals surface area contributed by atoms with Gasteiger partial charge in [0.1, 0.15) is 0 Å². The first kappa shape index (κ1) is 29.3. The summed E-state index contributed by atoms with van der Waals surface area (Å²) in [6.07, 6.45) is 21.0. The van der Waals surface area contributed by atoms with Gasteiger partial charge in [-0.2, -0.15) is 0 Å². The molecule has 0 aliphatic rings. The zero-order chi connectivity index (χ0) is 24.0. The van der Waals surface area contributed by atoms with Crippen molar-refractivity contribution in [2.24, 2.45) is 0 Å². The summed E-state index contributed by atoms with van der Waals surface area (Å²) in [6.45, 7) is 4.14. The molecule has 33 heavy (non-hydrogen) atoms. The van der Waals surface area contributed by atoms with E-state index in [4.69, 9.17) is 9.84 Å². The number of rotatable bonds is 22. The van der Waals surface area contributed by atoms with E-state index in [-0.39, 0.29) is 11.5 Å². The predicted octanol–water partition coefficient (Wildman–Crippen LogP) is 8.66. The molecule has 0 aromatic heterocycles. The highest BCUT2D eigenvalue weighted by Crippen LogP contribution is 2.31. The van der Waals surface area contributed by atoms with Gasteiger partial charge in [-0.15, -0.1) is 0 Å². The fraction of sp³-hybridized carbons (Fsp3) is 0.750. The van der Waals surface area contributed by atoms with Crippen LogP contribution in [0.2, 0.25) is 0 Å². The zero-order valence-electron chi connectivity index (χ0n) is 21.0. The first-order valence-corrected chi connectivity index (χ1v) is 13.4.